The van der Waals surface area contributed by atoms with Crippen molar-refractivity contribution in [3.8, 4) is 0 Å². The van der Waals surface area contributed by atoms with Crippen molar-refractivity contribution in [1.29, 1.82) is 0 Å². The number of hydrogen-bond acceptors (Lipinski definition) is 3. The van der Waals surface area contributed by atoms with Gasteiger partial charge in [0.1, 0.15) is 5.82 Å². The van der Waals surface area contributed by atoms with Gasteiger partial charge < -0.3 is 15.2 Å². The summed E-state index contributed by atoms with van der Waals surface area (Å²) in [6.45, 7) is 0.463. The first-order valence-electron chi connectivity index (χ1n) is 10.7. The number of para-hydroxylation sites is 1. The third-order valence-corrected chi connectivity index (χ3v) is 6.81. The van der Waals surface area contributed by atoms with Gasteiger partial charge in [0.05, 0.1) is 26.8 Å². The highest BCUT2D eigenvalue weighted by molar-refractivity contribution is 6.39. The van der Waals surface area contributed by atoms with Crippen LogP contribution in [-0.4, -0.2) is 15.6 Å². The van der Waals surface area contributed by atoms with Crippen LogP contribution in [0.15, 0.2) is 54.6 Å². The fourth-order valence-electron chi connectivity index (χ4n) is 4.36. The van der Waals surface area contributed by atoms with Gasteiger partial charge in [0.15, 0.2) is 0 Å². The number of imidazole rings is 1. The smallest absolute Gasteiger partial charge is 0.208 e. The van der Waals surface area contributed by atoms with Crippen molar-refractivity contribution >= 4 is 45.9 Å². The van der Waals surface area contributed by atoms with Gasteiger partial charge in [0.2, 0.25) is 5.95 Å². The van der Waals surface area contributed by atoms with Crippen molar-refractivity contribution in [3.05, 3.63) is 87.2 Å². The van der Waals surface area contributed by atoms with E-state index in [1.165, 1.54) is 17.2 Å². The molecule has 1 aliphatic rings. The standard InChI is InChI=1S/C25H23Cl2FN4/c1-32-23-13-21(28)17(14-29-18-10-9-15-5-2-3-6-16(15)11-18)12-22(23)30-25(32)31-24-19(26)7-4-8-20(24)27/h2-8,12-13,18,29H,9-11,14H2,1H3,(H,30,31). The molecule has 5 rings (SSSR count). The van der Waals surface area contributed by atoms with E-state index in [0.717, 1.165) is 19.3 Å². The molecular weight excluding hydrogens is 446 g/mol. The number of nitrogens with zero attached hydrogens (tertiary/aromatic N) is 2. The third kappa shape index (κ3) is 4.08. The minimum atomic E-state index is -0.244. The number of nitrogens with one attached hydrogen (secondary N) is 2. The quantitative estimate of drug-likeness (QED) is 0.355. The molecular formula is C25H23Cl2FN4. The van der Waals surface area contributed by atoms with Gasteiger partial charge in [-0.3, -0.25) is 0 Å². The summed E-state index contributed by atoms with van der Waals surface area (Å²) in [6.07, 6.45) is 3.07. The molecule has 0 radical (unpaired) electrons. The Kier molecular flexibility index (Phi) is 5.80. The molecule has 0 amide bonds. The van der Waals surface area contributed by atoms with Gasteiger partial charge in [-0.1, -0.05) is 53.5 Å². The Hall–Kier alpha value is -2.60. The van der Waals surface area contributed by atoms with Crippen molar-refractivity contribution in [2.75, 3.05) is 5.32 Å². The fraction of sp³-hybridized carbons (Fsp3) is 0.240. The number of anilines is 2. The largest absolute Gasteiger partial charge is 0.323 e. The average molecular weight is 469 g/mol. The number of aromatic nitrogens is 2. The van der Waals surface area contributed by atoms with Gasteiger partial charge >= 0.3 is 0 Å². The second-order valence-corrected chi connectivity index (χ2v) is 9.05. The molecule has 2 N–H and O–H groups in total. The average Bonchev–Trinajstić information content (AvgIpc) is 3.09. The van der Waals surface area contributed by atoms with Crippen LogP contribution < -0.4 is 10.6 Å². The summed E-state index contributed by atoms with van der Waals surface area (Å²) in [7, 11) is 1.83. The fourth-order valence-corrected chi connectivity index (χ4v) is 4.85. The lowest BCUT2D eigenvalue weighted by molar-refractivity contribution is 0.451. The molecule has 0 saturated carbocycles. The Morgan fingerprint density at radius 1 is 1.06 bits per heavy atom. The third-order valence-electron chi connectivity index (χ3n) is 6.18. The molecule has 0 bridgehead atoms. The molecule has 0 fully saturated rings. The lowest BCUT2D eigenvalue weighted by atomic mass is 9.88. The Balaban J connectivity index is 1.36. The van der Waals surface area contributed by atoms with Crippen LogP contribution in [-0.2, 0) is 26.4 Å². The molecule has 1 heterocycles. The summed E-state index contributed by atoms with van der Waals surface area (Å²) in [5, 5.41) is 7.71. The maximum absolute atomic E-state index is 14.9. The number of rotatable bonds is 5. The van der Waals surface area contributed by atoms with Gasteiger partial charge in [-0.15, -0.1) is 0 Å². The monoisotopic (exact) mass is 468 g/mol. The highest BCUT2D eigenvalue weighted by Crippen LogP contribution is 2.33. The van der Waals surface area contributed by atoms with E-state index in [1.54, 1.807) is 22.8 Å². The summed E-state index contributed by atoms with van der Waals surface area (Å²) < 4.78 is 16.7. The van der Waals surface area contributed by atoms with Crippen LogP contribution >= 0.6 is 23.2 Å². The highest BCUT2D eigenvalue weighted by atomic mass is 35.5. The summed E-state index contributed by atoms with van der Waals surface area (Å²) in [6, 6.07) is 17.5. The molecule has 0 spiro atoms. The Bertz CT molecular complexity index is 1280. The molecule has 0 saturated heterocycles. The van der Waals surface area contributed by atoms with Crippen molar-refractivity contribution in [1.82, 2.24) is 14.9 Å². The van der Waals surface area contributed by atoms with E-state index in [4.69, 9.17) is 23.2 Å². The number of aryl methyl sites for hydroxylation is 2. The second kappa shape index (κ2) is 8.74. The zero-order chi connectivity index (χ0) is 22.2. The first kappa shape index (κ1) is 21.3. The number of benzene rings is 3. The second-order valence-electron chi connectivity index (χ2n) is 8.24. The van der Waals surface area contributed by atoms with Crippen LogP contribution in [0.3, 0.4) is 0 Å². The lowest BCUT2D eigenvalue weighted by Gasteiger charge is -2.25. The van der Waals surface area contributed by atoms with E-state index >= 15 is 0 Å². The molecule has 1 atom stereocenters. The van der Waals surface area contributed by atoms with Crippen LogP contribution in [0, 0.1) is 5.82 Å². The Labute approximate surface area is 196 Å². The van der Waals surface area contributed by atoms with Crippen molar-refractivity contribution < 1.29 is 4.39 Å². The predicted molar refractivity (Wildman–Crippen MR) is 130 cm³/mol. The maximum atomic E-state index is 14.9. The van der Waals surface area contributed by atoms with Crippen molar-refractivity contribution in [2.24, 2.45) is 7.05 Å². The first-order valence-corrected chi connectivity index (χ1v) is 11.4. The highest BCUT2D eigenvalue weighted by Gasteiger charge is 2.19. The van der Waals surface area contributed by atoms with Gasteiger partial charge in [-0.25, -0.2) is 9.37 Å². The van der Waals surface area contributed by atoms with Crippen LogP contribution in [0.1, 0.15) is 23.1 Å². The molecule has 1 aromatic heterocycles. The maximum Gasteiger partial charge on any atom is 0.208 e. The van der Waals surface area contributed by atoms with Crippen LogP contribution in [0.4, 0.5) is 16.0 Å². The molecule has 7 heteroatoms. The molecule has 3 aromatic carbocycles. The van der Waals surface area contributed by atoms with Gasteiger partial charge in [0.25, 0.3) is 0 Å². The molecule has 1 unspecified atom stereocenters. The molecule has 4 aromatic rings. The minimum Gasteiger partial charge on any atom is -0.323 e. The normalized spacial score (nSPS) is 15.7. The Morgan fingerprint density at radius 2 is 1.81 bits per heavy atom. The van der Waals surface area contributed by atoms with E-state index in [2.05, 4.69) is 39.9 Å². The van der Waals surface area contributed by atoms with Crippen molar-refractivity contribution in [2.45, 2.75) is 31.8 Å². The number of hydrogen-bond donors (Lipinski definition) is 2. The Morgan fingerprint density at radius 3 is 2.59 bits per heavy atom. The molecule has 32 heavy (non-hydrogen) atoms. The van der Waals surface area contributed by atoms with E-state index in [1.807, 2.05) is 13.1 Å². The van der Waals surface area contributed by atoms with E-state index < -0.39 is 0 Å². The van der Waals surface area contributed by atoms with Crippen molar-refractivity contribution in [3.63, 3.8) is 0 Å². The molecule has 4 nitrogen and oxygen atoms in total. The summed E-state index contributed by atoms with van der Waals surface area (Å²) in [5.74, 6) is 0.301. The first-order chi connectivity index (χ1) is 15.5. The van der Waals surface area contributed by atoms with Crippen LogP contribution in [0.25, 0.3) is 11.0 Å². The van der Waals surface area contributed by atoms with E-state index in [0.29, 0.717) is 50.9 Å². The summed E-state index contributed by atoms with van der Waals surface area (Å²) in [5.41, 5.74) is 5.40. The van der Waals surface area contributed by atoms with Gasteiger partial charge in [-0.2, -0.15) is 0 Å². The zero-order valence-corrected chi connectivity index (χ0v) is 19.1. The lowest BCUT2D eigenvalue weighted by Crippen LogP contribution is -2.34. The van der Waals surface area contributed by atoms with E-state index in [9.17, 15) is 4.39 Å². The summed E-state index contributed by atoms with van der Waals surface area (Å²) >= 11 is 12.6. The summed E-state index contributed by atoms with van der Waals surface area (Å²) in [4.78, 5) is 4.66. The zero-order valence-electron chi connectivity index (χ0n) is 17.6. The predicted octanol–water partition coefficient (Wildman–Crippen LogP) is 6.41. The van der Waals surface area contributed by atoms with Crippen LogP contribution in [0.2, 0.25) is 10.0 Å². The van der Waals surface area contributed by atoms with Gasteiger partial charge in [-0.05, 0) is 48.6 Å². The van der Waals surface area contributed by atoms with E-state index in [-0.39, 0.29) is 5.82 Å². The molecule has 1 aliphatic carbocycles. The topological polar surface area (TPSA) is 41.9 Å². The van der Waals surface area contributed by atoms with Gasteiger partial charge in [0, 0.05) is 31.3 Å². The van der Waals surface area contributed by atoms with Crippen LogP contribution in [0.5, 0.6) is 0 Å². The number of halogens is 3. The number of fused-ring (bicyclic) bond motifs is 2. The molecule has 0 aliphatic heterocycles. The minimum absolute atomic E-state index is 0.244. The SMILES string of the molecule is Cn1c(Nc2c(Cl)cccc2Cl)nc2cc(CNC3CCc4ccccc4C3)c(F)cc21. The molecule has 164 valence electrons.